The number of H-pyrrole nitrogens is 1. The zero-order chi connectivity index (χ0) is 10.8. The lowest BCUT2D eigenvalue weighted by Gasteiger charge is -2.10. The van der Waals surface area contributed by atoms with Crippen molar-refractivity contribution in [3.63, 3.8) is 0 Å². The smallest absolute Gasteiger partial charge is 0.130 e. The molecule has 1 unspecified atom stereocenters. The Bertz CT molecular complexity index is 456. The van der Waals surface area contributed by atoms with Gasteiger partial charge in [-0.3, -0.25) is 0 Å². The highest BCUT2D eigenvalue weighted by Crippen LogP contribution is 2.25. The molecule has 0 fully saturated rings. The number of nitrogens with one attached hydrogen (secondary N) is 1. The van der Waals surface area contributed by atoms with Crippen molar-refractivity contribution in [3.8, 4) is 0 Å². The zero-order valence-corrected chi connectivity index (χ0v) is 9.33. The van der Waals surface area contributed by atoms with Crippen LogP contribution < -0.4 is 0 Å². The van der Waals surface area contributed by atoms with E-state index < -0.39 is 11.9 Å². The van der Waals surface area contributed by atoms with Crippen LogP contribution in [0.3, 0.4) is 0 Å². The van der Waals surface area contributed by atoms with Crippen molar-refractivity contribution >= 4 is 15.9 Å². The summed E-state index contributed by atoms with van der Waals surface area (Å²) in [6.45, 7) is 0. The lowest BCUT2D eigenvalue weighted by atomic mass is 10.1. The molecule has 2 nitrogen and oxygen atoms in total. The summed E-state index contributed by atoms with van der Waals surface area (Å²) >= 11 is 3.16. The summed E-state index contributed by atoms with van der Waals surface area (Å²) in [7, 11) is 0. The number of aliphatic hydroxyl groups is 1. The molecule has 0 radical (unpaired) electrons. The molecule has 0 aliphatic heterocycles. The first-order chi connectivity index (χ1) is 7.18. The van der Waals surface area contributed by atoms with Crippen LogP contribution >= 0.6 is 15.9 Å². The summed E-state index contributed by atoms with van der Waals surface area (Å²) in [5.74, 6) is -0.425. The summed E-state index contributed by atoms with van der Waals surface area (Å²) in [6.07, 6.45) is 0.739. The van der Waals surface area contributed by atoms with Crippen molar-refractivity contribution in [3.05, 3.63) is 58.1 Å². The molecular weight excluding hydrogens is 261 g/mol. The number of aromatic amines is 1. The Kier molecular flexibility index (Phi) is 2.88. The van der Waals surface area contributed by atoms with Crippen molar-refractivity contribution in [2.24, 2.45) is 0 Å². The molecule has 2 aromatic rings. The van der Waals surface area contributed by atoms with Gasteiger partial charge in [-0.05, 0) is 24.3 Å². The summed E-state index contributed by atoms with van der Waals surface area (Å²) < 4.78 is 14.1. The summed E-state index contributed by atoms with van der Waals surface area (Å²) in [6, 6.07) is 8.07. The molecule has 4 heteroatoms. The van der Waals surface area contributed by atoms with Gasteiger partial charge in [0.15, 0.2) is 0 Å². The van der Waals surface area contributed by atoms with Crippen LogP contribution in [0.1, 0.15) is 17.4 Å². The van der Waals surface area contributed by atoms with Crippen LogP contribution in [0.25, 0.3) is 0 Å². The van der Waals surface area contributed by atoms with Gasteiger partial charge in [-0.2, -0.15) is 0 Å². The van der Waals surface area contributed by atoms with E-state index in [0.717, 1.165) is 0 Å². The van der Waals surface area contributed by atoms with Gasteiger partial charge < -0.3 is 10.1 Å². The van der Waals surface area contributed by atoms with E-state index in [1.54, 1.807) is 30.5 Å². The van der Waals surface area contributed by atoms with Crippen LogP contribution in [-0.4, -0.2) is 10.1 Å². The second-order valence-electron chi connectivity index (χ2n) is 3.19. The largest absolute Gasteiger partial charge is 0.382 e. The summed E-state index contributed by atoms with van der Waals surface area (Å²) in [4.78, 5) is 2.85. The Balaban J connectivity index is 2.38. The lowest BCUT2D eigenvalue weighted by molar-refractivity contribution is 0.210. The van der Waals surface area contributed by atoms with E-state index in [4.69, 9.17) is 0 Å². The van der Waals surface area contributed by atoms with E-state index in [0.29, 0.717) is 10.2 Å². The van der Waals surface area contributed by atoms with Crippen molar-refractivity contribution in [1.82, 2.24) is 4.98 Å². The van der Waals surface area contributed by atoms with E-state index in [1.807, 2.05) is 0 Å². The SMILES string of the molecule is OC(c1ccc[nH]1)c1ccc(Br)cc1F. The van der Waals surface area contributed by atoms with Gasteiger partial charge in [0.1, 0.15) is 11.9 Å². The Morgan fingerprint density at radius 3 is 2.73 bits per heavy atom. The first-order valence-corrected chi connectivity index (χ1v) is 5.24. The van der Waals surface area contributed by atoms with Crippen LogP contribution in [0.5, 0.6) is 0 Å². The predicted molar refractivity (Wildman–Crippen MR) is 59.0 cm³/mol. The maximum atomic E-state index is 13.5. The highest BCUT2D eigenvalue weighted by Gasteiger charge is 2.15. The molecule has 0 spiro atoms. The van der Waals surface area contributed by atoms with E-state index in [1.165, 1.54) is 6.07 Å². The fourth-order valence-electron chi connectivity index (χ4n) is 1.41. The molecule has 1 atom stereocenters. The van der Waals surface area contributed by atoms with E-state index >= 15 is 0 Å². The second-order valence-corrected chi connectivity index (χ2v) is 4.11. The Hall–Kier alpha value is -1.13. The summed E-state index contributed by atoms with van der Waals surface area (Å²) in [5.41, 5.74) is 0.844. The second kappa shape index (κ2) is 4.16. The van der Waals surface area contributed by atoms with Gasteiger partial charge in [0.2, 0.25) is 0 Å². The molecule has 0 amide bonds. The number of hydrogen-bond donors (Lipinski definition) is 2. The quantitative estimate of drug-likeness (QED) is 0.864. The van der Waals surface area contributed by atoms with Gasteiger partial charge in [0.25, 0.3) is 0 Å². The number of aliphatic hydroxyl groups excluding tert-OH is 1. The zero-order valence-electron chi connectivity index (χ0n) is 7.74. The van der Waals surface area contributed by atoms with Crippen LogP contribution in [0.15, 0.2) is 41.0 Å². The standard InChI is InChI=1S/C11H9BrFNO/c12-7-3-4-8(9(13)6-7)11(15)10-2-1-5-14-10/h1-6,11,14-15H. The van der Waals surface area contributed by atoms with Crippen LogP contribution in [0, 0.1) is 5.82 Å². The Morgan fingerprint density at radius 1 is 1.33 bits per heavy atom. The highest BCUT2D eigenvalue weighted by atomic mass is 79.9. The third-order valence-electron chi connectivity index (χ3n) is 2.17. The maximum absolute atomic E-state index is 13.5. The van der Waals surface area contributed by atoms with E-state index in [2.05, 4.69) is 20.9 Å². The van der Waals surface area contributed by atoms with Gasteiger partial charge >= 0.3 is 0 Å². The van der Waals surface area contributed by atoms with Crippen molar-refractivity contribution < 1.29 is 9.50 Å². The van der Waals surface area contributed by atoms with Crippen molar-refractivity contribution in [2.45, 2.75) is 6.10 Å². The summed E-state index contributed by atoms with van der Waals surface area (Å²) in [5, 5.41) is 9.87. The minimum absolute atomic E-state index is 0.264. The molecule has 15 heavy (non-hydrogen) atoms. The van der Waals surface area contributed by atoms with Gasteiger partial charge in [0, 0.05) is 21.9 Å². The maximum Gasteiger partial charge on any atom is 0.130 e. The topological polar surface area (TPSA) is 36.0 Å². The van der Waals surface area contributed by atoms with Crippen LogP contribution in [-0.2, 0) is 0 Å². The average Bonchev–Trinajstić information content (AvgIpc) is 2.69. The fraction of sp³-hybridized carbons (Fsp3) is 0.0909. The first kappa shape index (κ1) is 10.4. The first-order valence-electron chi connectivity index (χ1n) is 4.45. The molecule has 0 aliphatic carbocycles. The molecule has 0 saturated heterocycles. The number of aromatic nitrogens is 1. The highest BCUT2D eigenvalue weighted by molar-refractivity contribution is 9.10. The van der Waals surface area contributed by atoms with Crippen LogP contribution in [0.4, 0.5) is 4.39 Å². The third kappa shape index (κ3) is 2.11. The fourth-order valence-corrected chi connectivity index (χ4v) is 1.74. The number of hydrogen-bond acceptors (Lipinski definition) is 1. The van der Waals surface area contributed by atoms with Gasteiger partial charge in [-0.15, -0.1) is 0 Å². The minimum Gasteiger partial charge on any atom is -0.382 e. The normalized spacial score (nSPS) is 12.7. The molecule has 78 valence electrons. The Morgan fingerprint density at radius 2 is 2.13 bits per heavy atom. The van der Waals surface area contributed by atoms with E-state index in [-0.39, 0.29) is 5.56 Å². The molecule has 2 rings (SSSR count). The average molecular weight is 270 g/mol. The third-order valence-corrected chi connectivity index (χ3v) is 2.67. The van der Waals surface area contributed by atoms with Gasteiger partial charge in [-0.1, -0.05) is 22.0 Å². The molecule has 1 aromatic carbocycles. The number of halogens is 2. The molecule has 2 N–H and O–H groups in total. The van der Waals surface area contributed by atoms with Crippen molar-refractivity contribution in [1.29, 1.82) is 0 Å². The van der Waals surface area contributed by atoms with Gasteiger partial charge in [-0.25, -0.2) is 4.39 Å². The monoisotopic (exact) mass is 269 g/mol. The number of rotatable bonds is 2. The molecule has 1 heterocycles. The van der Waals surface area contributed by atoms with Crippen molar-refractivity contribution in [2.75, 3.05) is 0 Å². The Labute approximate surface area is 94.9 Å². The molecular formula is C11H9BrFNO. The molecule has 1 aromatic heterocycles. The lowest BCUT2D eigenvalue weighted by Crippen LogP contribution is -2.02. The minimum atomic E-state index is -0.951. The molecule has 0 aliphatic rings. The van der Waals surface area contributed by atoms with Crippen LogP contribution in [0.2, 0.25) is 0 Å². The molecule has 0 saturated carbocycles. The number of benzene rings is 1. The van der Waals surface area contributed by atoms with Gasteiger partial charge in [0.05, 0.1) is 0 Å². The molecule has 0 bridgehead atoms. The predicted octanol–water partition coefficient (Wildman–Crippen LogP) is 3.00. The van der Waals surface area contributed by atoms with E-state index in [9.17, 15) is 9.50 Å².